The number of benzene rings is 1. The zero-order valence-corrected chi connectivity index (χ0v) is 15.7. The number of ether oxygens (including phenoxy) is 2. The van der Waals surface area contributed by atoms with Crippen LogP contribution in [0.4, 0.5) is 0 Å². The Morgan fingerprint density at radius 2 is 2.11 bits per heavy atom. The summed E-state index contributed by atoms with van der Waals surface area (Å²) < 4.78 is 10.1. The van der Waals surface area contributed by atoms with Crippen LogP contribution in [-0.2, 0) is 16.1 Å². The minimum Gasteiger partial charge on any atom is -0.497 e. The van der Waals surface area contributed by atoms with Gasteiger partial charge in [-0.15, -0.1) is 17.9 Å². The number of allylic oxidation sites excluding steroid dienone is 1. The summed E-state index contributed by atoms with van der Waals surface area (Å²) >= 11 is 1.13. The SMILES string of the molecule is C=CCCC(=O)NCc1nc(-c2ccc(OC)cc2)c(C(=O)OCC#N)s1. The number of amides is 1. The monoisotopic (exact) mass is 385 g/mol. The van der Waals surface area contributed by atoms with E-state index in [0.29, 0.717) is 34.9 Å². The van der Waals surface area contributed by atoms with Crippen molar-refractivity contribution in [1.29, 1.82) is 5.26 Å². The molecule has 1 amide bonds. The topological polar surface area (TPSA) is 101 Å². The minimum atomic E-state index is -0.621. The molecular formula is C19H19N3O4S. The number of thiazole rings is 1. The molecule has 140 valence electrons. The van der Waals surface area contributed by atoms with E-state index in [1.54, 1.807) is 43.5 Å². The fourth-order valence-electron chi connectivity index (χ4n) is 2.18. The molecule has 8 heteroatoms. The van der Waals surface area contributed by atoms with Crippen molar-refractivity contribution in [2.75, 3.05) is 13.7 Å². The van der Waals surface area contributed by atoms with Crippen LogP contribution >= 0.6 is 11.3 Å². The summed E-state index contributed by atoms with van der Waals surface area (Å²) in [4.78, 5) is 28.8. The van der Waals surface area contributed by atoms with E-state index >= 15 is 0 Å². The second-order valence-electron chi connectivity index (χ2n) is 5.35. The standard InChI is InChI=1S/C19H19N3O4S/c1-3-4-5-15(23)21-12-16-22-17(13-6-8-14(25-2)9-7-13)18(27-16)19(24)26-11-10-20/h3,6-9H,1,4-5,11-12H2,2H3,(H,21,23). The van der Waals surface area contributed by atoms with Gasteiger partial charge in [-0.2, -0.15) is 5.26 Å². The second kappa shape index (κ2) is 10.1. The molecule has 1 heterocycles. The highest BCUT2D eigenvalue weighted by Crippen LogP contribution is 2.30. The maximum Gasteiger partial charge on any atom is 0.351 e. The lowest BCUT2D eigenvalue weighted by atomic mass is 10.1. The van der Waals surface area contributed by atoms with Crippen molar-refractivity contribution < 1.29 is 19.1 Å². The highest BCUT2D eigenvalue weighted by atomic mass is 32.1. The Hall–Kier alpha value is -3.18. The van der Waals surface area contributed by atoms with Gasteiger partial charge in [0.2, 0.25) is 5.91 Å². The molecule has 1 aromatic carbocycles. The number of hydrogen-bond acceptors (Lipinski definition) is 7. The molecule has 0 spiro atoms. The van der Waals surface area contributed by atoms with Gasteiger partial charge in [0.05, 0.1) is 19.3 Å². The molecule has 0 fully saturated rings. The number of nitrogens with zero attached hydrogens (tertiary/aromatic N) is 2. The van der Waals surface area contributed by atoms with Crippen molar-refractivity contribution in [3.8, 4) is 23.1 Å². The first kappa shape index (κ1) is 20.1. The molecule has 0 unspecified atom stereocenters. The summed E-state index contributed by atoms with van der Waals surface area (Å²) in [5.41, 5.74) is 1.15. The molecule has 0 aliphatic rings. The van der Waals surface area contributed by atoms with E-state index in [1.165, 1.54) is 0 Å². The van der Waals surface area contributed by atoms with Crippen molar-refractivity contribution in [3.63, 3.8) is 0 Å². The smallest absolute Gasteiger partial charge is 0.351 e. The van der Waals surface area contributed by atoms with E-state index < -0.39 is 5.97 Å². The zero-order valence-electron chi connectivity index (χ0n) is 14.9. The number of hydrogen-bond donors (Lipinski definition) is 1. The number of rotatable bonds is 9. The Bertz CT molecular complexity index is 853. The molecule has 0 radical (unpaired) electrons. The summed E-state index contributed by atoms with van der Waals surface area (Å²) in [6, 6.07) is 8.85. The molecule has 0 atom stereocenters. The molecule has 0 saturated carbocycles. The Balaban J connectivity index is 2.25. The van der Waals surface area contributed by atoms with E-state index in [-0.39, 0.29) is 23.9 Å². The van der Waals surface area contributed by atoms with Gasteiger partial charge in [-0.1, -0.05) is 6.08 Å². The Morgan fingerprint density at radius 1 is 1.37 bits per heavy atom. The lowest BCUT2D eigenvalue weighted by molar-refractivity contribution is -0.121. The molecule has 1 N–H and O–H groups in total. The molecule has 0 aliphatic carbocycles. The Kier molecular flexibility index (Phi) is 7.52. The number of aromatic nitrogens is 1. The van der Waals surface area contributed by atoms with Crippen LogP contribution < -0.4 is 10.1 Å². The number of nitriles is 1. The highest BCUT2D eigenvalue weighted by Gasteiger charge is 2.21. The molecule has 2 rings (SSSR count). The maximum atomic E-state index is 12.3. The van der Waals surface area contributed by atoms with E-state index in [4.69, 9.17) is 14.7 Å². The van der Waals surface area contributed by atoms with Crippen LogP contribution in [0.2, 0.25) is 0 Å². The van der Waals surface area contributed by atoms with Crippen LogP contribution in [0.1, 0.15) is 27.5 Å². The highest BCUT2D eigenvalue weighted by molar-refractivity contribution is 7.14. The molecule has 7 nitrogen and oxygen atoms in total. The third kappa shape index (κ3) is 5.66. The number of nitrogens with one attached hydrogen (secondary N) is 1. The van der Waals surface area contributed by atoms with E-state index in [9.17, 15) is 9.59 Å². The summed E-state index contributed by atoms with van der Waals surface area (Å²) in [7, 11) is 1.57. The van der Waals surface area contributed by atoms with Gasteiger partial charge in [0.25, 0.3) is 0 Å². The lowest BCUT2D eigenvalue weighted by Crippen LogP contribution is -2.22. The van der Waals surface area contributed by atoms with Crippen molar-refractivity contribution in [2.45, 2.75) is 19.4 Å². The largest absolute Gasteiger partial charge is 0.497 e. The first-order valence-corrected chi connectivity index (χ1v) is 8.96. The third-order valence-electron chi connectivity index (χ3n) is 3.50. The van der Waals surface area contributed by atoms with Gasteiger partial charge in [-0.05, 0) is 30.7 Å². The van der Waals surface area contributed by atoms with Crippen molar-refractivity contribution in [3.05, 3.63) is 46.8 Å². The van der Waals surface area contributed by atoms with E-state index in [2.05, 4.69) is 16.9 Å². The third-order valence-corrected chi connectivity index (χ3v) is 4.54. The van der Waals surface area contributed by atoms with Gasteiger partial charge in [0.1, 0.15) is 21.7 Å². The van der Waals surface area contributed by atoms with Crippen LogP contribution in [0.25, 0.3) is 11.3 Å². The molecule has 0 bridgehead atoms. The van der Waals surface area contributed by atoms with Crippen LogP contribution in [-0.4, -0.2) is 30.6 Å². The van der Waals surface area contributed by atoms with Gasteiger partial charge in [-0.3, -0.25) is 4.79 Å². The van der Waals surface area contributed by atoms with Gasteiger partial charge in [-0.25, -0.2) is 9.78 Å². The van der Waals surface area contributed by atoms with Crippen molar-refractivity contribution in [1.82, 2.24) is 10.3 Å². The summed E-state index contributed by atoms with van der Waals surface area (Å²) in [6.45, 7) is 3.44. The van der Waals surface area contributed by atoms with Crippen LogP contribution in [0.5, 0.6) is 5.75 Å². The van der Waals surface area contributed by atoms with Crippen molar-refractivity contribution in [2.24, 2.45) is 0 Å². The maximum absolute atomic E-state index is 12.3. The summed E-state index contributed by atoms with van der Waals surface area (Å²) in [6.07, 6.45) is 2.61. The van der Waals surface area contributed by atoms with Gasteiger partial charge in [0.15, 0.2) is 6.61 Å². The molecule has 1 aromatic heterocycles. The molecule has 2 aromatic rings. The fraction of sp³-hybridized carbons (Fsp3) is 0.263. The normalized spacial score (nSPS) is 9.93. The predicted molar refractivity (Wildman–Crippen MR) is 101 cm³/mol. The number of carbonyl (C=O) groups excluding carboxylic acids is 2. The second-order valence-corrected chi connectivity index (χ2v) is 6.44. The van der Waals surface area contributed by atoms with E-state index in [0.717, 1.165) is 11.3 Å². The van der Waals surface area contributed by atoms with Crippen molar-refractivity contribution >= 4 is 23.2 Å². The zero-order chi connectivity index (χ0) is 19.6. The number of esters is 1. The van der Waals surface area contributed by atoms with Crippen LogP contribution in [0.15, 0.2) is 36.9 Å². The summed E-state index contributed by atoms with van der Waals surface area (Å²) in [5, 5.41) is 11.9. The predicted octanol–water partition coefficient (Wildman–Crippen LogP) is 3.08. The van der Waals surface area contributed by atoms with Crippen LogP contribution in [0, 0.1) is 11.3 Å². The minimum absolute atomic E-state index is 0.121. The average Bonchev–Trinajstić information content (AvgIpc) is 3.13. The Morgan fingerprint density at radius 3 is 2.74 bits per heavy atom. The van der Waals surface area contributed by atoms with Gasteiger partial charge in [0, 0.05) is 12.0 Å². The average molecular weight is 385 g/mol. The molecule has 0 saturated heterocycles. The molecule has 27 heavy (non-hydrogen) atoms. The number of methoxy groups -OCH3 is 1. The molecule has 0 aliphatic heterocycles. The lowest BCUT2D eigenvalue weighted by Gasteiger charge is -2.03. The fourth-order valence-corrected chi connectivity index (χ4v) is 3.10. The first-order chi connectivity index (χ1) is 13.1. The first-order valence-electron chi connectivity index (χ1n) is 8.14. The van der Waals surface area contributed by atoms with Crippen LogP contribution in [0.3, 0.4) is 0 Å². The number of carbonyl (C=O) groups is 2. The quantitative estimate of drug-likeness (QED) is 0.526. The Labute approximate surface area is 161 Å². The van der Waals surface area contributed by atoms with E-state index in [1.807, 2.05) is 0 Å². The molecular weight excluding hydrogens is 366 g/mol. The van der Waals surface area contributed by atoms with Gasteiger partial charge >= 0.3 is 5.97 Å². The van der Waals surface area contributed by atoms with Gasteiger partial charge < -0.3 is 14.8 Å². The summed E-state index contributed by atoms with van der Waals surface area (Å²) in [5.74, 6) is -0.0638.